The quantitative estimate of drug-likeness (QED) is 0.845. The van der Waals surface area contributed by atoms with Gasteiger partial charge in [-0.3, -0.25) is 4.98 Å². The molecular weight excluding hydrogens is 300 g/mol. The van der Waals surface area contributed by atoms with Crippen LogP contribution in [0.15, 0.2) is 41.6 Å². The third-order valence-corrected chi connectivity index (χ3v) is 4.43. The molecule has 0 aliphatic carbocycles. The van der Waals surface area contributed by atoms with Crippen molar-refractivity contribution in [1.29, 1.82) is 0 Å². The summed E-state index contributed by atoms with van der Waals surface area (Å²) < 4.78 is 53.4. The Morgan fingerprint density at radius 2 is 1.81 bits per heavy atom. The number of hydrogen-bond donors (Lipinski definition) is 2. The second-order valence-corrected chi connectivity index (χ2v) is 6.11. The third-order valence-electron chi connectivity index (χ3n) is 2.88. The van der Waals surface area contributed by atoms with Gasteiger partial charge in [-0.25, -0.2) is 21.9 Å². The summed E-state index contributed by atoms with van der Waals surface area (Å²) in [6, 6.07) is 3.85. The Morgan fingerprint density at radius 3 is 2.43 bits per heavy atom. The number of pyridine rings is 1. The Labute approximate surface area is 120 Å². The fourth-order valence-electron chi connectivity index (χ4n) is 1.77. The van der Waals surface area contributed by atoms with Gasteiger partial charge in [0, 0.05) is 24.5 Å². The number of halogens is 2. The van der Waals surface area contributed by atoms with E-state index in [0.717, 1.165) is 6.07 Å². The van der Waals surface area contributed by atoms with E-state index in [4.69, 9.17) is 5.73 Å². The fraction of sp³-hybridized carbons (Fsp3) is 0.154. The Bertz CT molecular complexity index is 752. The summed E-state index contributed by atoms with van der Waals surface area (Å²) >= 11 is 0. The van der Waals surface area contributed by atoms with E-state index in [9.17, 15) is 17.2 Å². The van der Waals surface area contributed by atoms with Crippen molar-refractivity contribution in [1.82, 2.24) is 9.71 Å². The van der Waals surface area contributed by atoms with Gasteiger partial charge in [-0.2, -0.15) is 0 Å². The molecule has 112 valence electrons. The van der Waals surface area contributed by atoms with Crippen LogP contribution in [-0.2, 0) is 10.0 Å². The van der Waals surface area contributed by atoms with Crippen LogP contribution in [0.25, 0.3) is 0 Å². The average molecular weight is 313 g/mol. The monoisotopic (exact) mass is 313 g/mol. The molecule has 1 aromatic carbocycles. The number of nitrogens with two attached hydrogens (primary N) is 1. The summed E-state index contributed by atoms with van der Waals surface area (Å²) in [6.07, 6.45) is 3.02. The van der Waals surface area contributed by atoms with E-state index in [1.807, 2.05) is 0 Å². The van der Waals surface area contributed by atoms with Crippen LogP contribution in [0, 0.1) is 11.6 Å². The molecule has 5 nitrogen and oxygen atoms in total. The Kier molecular flexibility index (Phi) is 4.19. The molecule has 0 bridgehead atoms. The first-order valence-electron chi connectivity index (χ1n) is 5.98. The van der Waals surface area contributed by atoms with E-state index in [0.29, 0.717) is 11.6 Å². The molecule has 0 radical (unpaired) electrons. The fourth-order valence-corrected chi connectivity index (χ4v) is 3.09. The third kappa shape index (κ3) is 3.34. The van der Waals surface area contributed by atoms with E-state index in [1.165, 1.54) is 12.4 Å². The standard InChI is InChI=1S/C13H13F2N3O2S/c1-8(9-2-4-17-5-3-9)18-21(19,20)13-7-12(16)10(14)6-11(13)15/h2-8,18H,16H2,1H3. The SMILES string of the molecule is CC(NS(=O)(=O)c1cc(N)c(F)cc1F)c1ccncc1. The highest BCUT2D eigenvalue weighted by Gasteiger charge is 2.23. The minimum Gasteiger partial charge on any atom is -0.396 e. The average Bonchev–Trinajstić information content (AvgIpc) is 2.43. The Morgan fingerprint density at radius 1 is 1.19 bits per heavy atom. The van der Waals surface area contributed by atoms with Crippen molar-refractivity contribution in [3.63, 3.8) is 0 Å². The zero-order valence-corrected chi connectivity index (χ0v) is 11.9. The zero-order valence-electron chi connectivity index (χ0n) is 11.0. The zero-order chi connectivity index (χ0) is 15.6. The highest BCUT2D eigenvalue weighted by atomic mass is 32.2. The minimum absolute atomic E-state index is 0.437. The predicted molar refractivity (Wildman–Crippen MR) is 73.7 cm³/mol. The van der Waals surface area contributed by atoms with Crippen LogP contribution in [0.2, 0.25) is 0 Å². The molecule has 0 aliphatic rings. The molecule has 1 atom stereocenters. The first-order valence-corrected chi connectivity index (χ1v) is 7.46. The number of nitrogens with zero attached hydrogens (tertiary/aromatic N) is 1. The van der Waals surface area contributed by atoms with Crippen LogP contribution in [0.4, 0.5) is 14.5 Å². The van der Waals surface area contributed by atoms with Gasteiger partial charge in [0.1, 0.15) is 16.5 Å². The predicted octanol–water partition coefficient (Wildman–Crippen LogP) is 1.98. The van der Waals surface area contributed by atoms with Gasteiger partial charge in [0.2, 0.25) is 10.0 Å². The van der Waals surface area contributed by atoms with E-state index >= 15 is 0 Å². The van der Waals surface area contributed by atoms with Gasteiger partial charge in [-0.15, -0.1) is 0 Å². The Hall–Kier alpha value is -2.06. The lowest BCUT2D eigenvalue weighted by Gasteiger charge is -2.15. The molecule has 2 aromatic rings. The molecule has 0 aliphatic heterocycles. The summed E-state index contributed by atoms with van der Waals surface area (Å²) in [5.41, 5.74) is 5.51. The largest absolute Gasteiger partial charge is 0.396 e. The smallest absolute Gasteiger partial charge is 0.244 e. The van der Waals surface area contributed by atoms with Gasteiger partial charge in [-0.1, -0.05) is 0 Å². The molecule has 0 saturated carbocycles. The summed E-state index contributed by atoms with van der Waals surface area (Å²) in [6.45, 7) is 1.59. The molecule has 1 unspecified atom stereocenters. The van der Waals surface area contributed by atoms with Crippen molar-refractivity contribution in [3.8, 4) is 0 Å². The lowest BCUT2D eigenvalue weighted by Crippen LogP contribution is -2.27. The van der Waals surface area contributed by atoms with Gasteiger partial charge < -0.3 is 5.73 Å². The van der Waals surface area contributed by atoms with Crippen molar-refractivity contribution in [2.75, 3.05) is 5.73 Å². The summed E-state index contributed by atoms with van der Waals surface area (Å²) in [5.74, 6) is -2.20. The molecule has 3 N–H and O–H groups in total. The number of aromatic nitrogens is 1. The van der Waals surface area contributed by atoms with Gasteiger partial charge in [0.25, 0.3) is 0 Å². The van der Waals surface area contributed by atoms with Crippen LogP contribution in [-0.4, -0.2) is 13.4 Å². The summed E-state index contributed by atoms with van der Waals surface area (Å²) in [7, 11) is -4.17. The number of nitrogens with one attached hydrogen (secondary N) is 1. The number of sulfonamides is 1. The van der Waals surface area contributed by atoms with Crippen molar-refractivity contribution in [3.05, 3.63) is 53.9 Å². The second-order valence-electron chi connectivity index (χ2n) is 4.43. The lowest BCUT2D eigenvalue weighted by atomic mass is 10.1. The highest BCUT2D eigenvalue weighted by molar-refractivity contribution is 7.89. The number of nitrogen functional groups attached to an aromatic ring is 1. The summed E-state index contributed by atoms with van der Waals surface area (Å²) in [4.78, 5) is 3.13. The minimum atomic E-state index is -4.17. The van der Waals surface area contributed by atoms with Gasteiger partial charge in [0.15, 0.2) is 0 Å². The summed E-state index contributed by atoms with van der Waals surface area (Å²) in [5, 5.41) is 0. The molecule has 8 heteroatoms. The molecule has 1 heterocycles. The maximum absolute atomic E-state index is 13.7. The van der Waals surface area contributed by atoms with Gasteiger partial charge in [0.05, 0.1) is 5.69 Å². The van der Waals surface area contributed by atoms with Crippen LogP contribution in [0.5, 0.6) is 0 Å². The molecule has 0 saturated heterocycles. The van der Waals surface area contributed by atoms with E-state index < -0.39 is 38.3 Å². The maximum atomic E-state index is 13.7. The van der Waals surface area contributed by atoms with Crippen molar-refractivity contribution >= 4 is 15.7 Å². The van der Waals surface area contributed by atoms with E-state index in [1.54, 1.807) is 19.1 Å². The van der Waals surface area contributed by atoms with Gasteiger partial charge >= 0.3 is 0 Å². The molecule has 0 spiro atoms. The highest BCUT2D eigenvalue weighted by Crippen LogP contribution is 2.23. The van der Waals surface area contributed by atoms with Crippen molar-refractivity contribution in [2.45, 2.75) is 17.9 Å². The second kappa shape index (κ2) is 5.74. The molecule has 0 fully saturated rings. The first-order chi connectivity index (χ1) is 9.81. The topological polar surface area (TPSA) is 85.1 Å². The number of anilines is 1. The number of benzene rings is 1. The van der Waals surface area contributed by atoms with Crippen molar-refractivity contribution < 1.29 is 17.2 Å². The first kappa shape index (κ1) is 15.3. The molecule has 0 amide bonds. The molecule has 1 aromatic heterocycles. The normalized spacial score (nSPS) is 13.1. The Balaban J connectivity index is 2.33. The number of rotatable bonds is 4. The van der Waals surface area contributed by atoms with E-state index in [2.05, 4.69) is 9.71 Å². The maximum Gasteiger partial charge on any atom is 0.244 e. The van der Waals surface area contributed by atoms with Crippen LogP contribution >= 0.6 is 0 Å². The molecule has 21 heavy (non-hydrogen) atoms. The van der Waals surface area contributed by atoms with Crippen LogP contribution in [0.3, 0.4) is 0 Å². The molecular formula is C13H13F2N3O2S. The molecule has 2 rings (SSSR count). The lowest BCUT2D eigenvalue weighted by molar-refractivity contribution is 0.538. The van der Waals surface area contributed by atoms with E-state index in [-0.39, 0.29) is 0 Å². The number of hydrogen-bond acceptors (Lipinski definition) is 4. The van der Waals surface area contributed by atoms with Crippen molar-refractivity contribution in [2.24, 2.45) is 0 Å². The van der Waals surface area contributed by atoms with Gasteiger partial charge in [-0.05, 0) is 30.7 Å². The van der Waals surface area contributed by atoms with Crippen LogP contribution in [0.1, 0.15) is 18.5 Å². The van der Waals surface area contributed by atoms with Crippen LogP contribution < -0.4 is 10.5 Å².